The van der Waals surface area contributed by atoms with Gasteiger partial charge in [0.2, 0.25) is 5.72 Å². The third-order valence-corrected chi connectivity index (χ3v) is 3.69. The van der Waals surface area contributed by atoms with Crippen LogP contribution in [0.1, 0.15) is 6.23 Å². The molecule has 0 amide bonds. The average molecular weight is 340 g/mol. The standard InChI is InChI=1S/C11H13FN8O4/c1-23-10-16-7(13)5-8(17-10)20(3-15-5)9-4(12)6(22)11(2-21,24-9)18-19-14/h3-4,6,9,21-22H,2H2,1H3,(H2,13,16,17)/t4-,6-,9+,11+/m0/s1. The van der Waals surface area contributed by atoms with Crippen molar-refractivity contribution in [2.75, 3.05) is 19.5 Å². The zero-order valence-electron chi connectivity index (χ0n) is 12.3. The number of anilines is 1. The Hall–Kier alpha value is -2.73. The van der Waals surface area contributed by atoms with E-state index < -0.39 is 30.8 Å². The molecule has 0 radical (unpaired) electrons. The van der Waals surface area contributed by atoms with Crippen LogP contribution in [0.25, 0.3) is 21.6 Å². The van der Waals surface area contributed by atoms with Crippen molar-refractivity contribution in [1.82, 2.24) is 19.5 Å². The lowest BCUT2D eigenvalue weighted by Gasteiger charge is -2.23. The summed E-state index contributed by atoms with van der Waals surface area (Å²) < 4.78 is 25.9. The van der Waals surface area contributed by atoms with Crippen molar-refractivity contribution >= 4 is 17.0 Å². The number of nitrogen functional groups attached to an aromatic ring is 1. The normalized spacial score (nSPS) is 29.6. The molecule has 3 rings (SSSR count). The number of ether oxygens (including phenoxy) is 2. The van der Waals surface area contributed by atoms with Gasteiger partial charge in [-0.1, -0.05) is 5.11 Å². The lowest BCUT2D eigenvalue weighted by molar-refractivity contribution is -0.122. The summed E-state index contributed by atoms with van der Waals surface area (Å²) in [4.78, 5) is 14.3. The Morgan fingerprint density at radius 2 is 2.38 bits per heavy atom. The van der Waals surface area contributed by atoms with Crippen molar-refractivity contribution in [3.63, 3.8) is 0 Å². The number of aliphatic hydroxyl groups is 2. The molecule has 2 aromatic heterocycles. The molecule has 3 heterocycles. The lowest BCUT2D eigenvalue weighted by Crippen LogP contribution is -2.43. The summed E-state index contributed by atoms with van der Waals surface area (Å²) >= 11 is 0. The molecule has 0 aliphatic carbocycles. The van der Waals surface area contributed by atoms with Crippen LogP contribution in [-0.4, -0.2) is 61.4 Å². The first-order valence-electron chi connectivity index (χ1n) is 6.68. The topological polar surface area (TPSA) is 177 Å². The number of alkyl halides is 1. The van der Waals surface area contributed by atoms with Crippen LogP contribution in [-0.2, 0) is 4.74 Å². The van der Waals surface area contributed by atoms with Gasteiger partial charge in [0.15, 0.2) is 29.4 Å². The number of azide groups is 1. The van der Waals surface area contributed by atoms with Gasteiger partial charge in [-0.05, 0) is 5.53 Å². The predicted octanol–water partition coefficient (Wildman–Crippen LogP) is -0.356. The smallest absolute Gasteiger partial charge is 0.320 e. The molecule has 0 spiro atoms. The highest BCUT2D eigenvalue weighted by atomic mass is 19.1. The number of hydrogen-bond acceptors (Lipinski definition) is 9. The van der Waals surface area contributed by atoms with Crippen LogP contribution in [0.3, 0.4) is 0 Å². The van der Waals surface area contributed by atoms with E-state index in [1.54, 1.807) is 0 Å². The van der Waals surface area contributed by atoms with Gasteiger partial charge in [-0.25, -0.2) is 9.37 Å². The van der Waals surface area contributed by atoms with Gasteiger partial charge in [0, 0.05) is 4.91 Å². The summed E-state index contributed by atoms with van der Waals surface area (Å²) in [5.74, 6) is 0.00743. The van der Waals surface area contributed by atoms with Gasteiger partial charge in [-0.15, -0.1) is 0 Å². The fraction of sp³-hybridized carbons (Fsp3) is 0.545. The van der Waals surface area contributed by atoms with E-state index in [4.69, 9.17) is 20.7 Å². The second-order valence-electron chi connectivity index (χ2n) is 5.01. The number of fused-ring (bicyclic) bond motifs is 1. The molecule has 0 saturated carbocycles. The van der Waals surface area contributed by atoms with Crippen LogP contribution < -0.4 is 10.5 Å². The summed E-state index contributed by atoms with van der Waals surface area (Å²) in [6.07, 6.45) is -4.19. The number of rotatable bonds is 4. The molecule has 1 fully saturated rings. The van der Waals surface area contributed by atoms with Gasteiger partial charge >= 0.3 is 6.01 Å². The number of aliphatic hydroxyl groups excluding tert-OH is 2. The Kier molecular flexibility index (Phi) is 3.85. The minimum atomic E-state index is -2.15. The first-order chi connectivity index (χ1) is 11.5. The van der Waals surface area contributed by atoms with E-state index in [-0.39, 0.29) is 23.0 Å². The van der Waals surface area contributed by atoms with Crippen LogP contribution in [0.2, 0.25) is 0 Å². The second-order valence-corrected chi connectivity index (χ2v) is 5.01. The van der Waals surface area contributed by atoms with Crippen LogP contribution >= 0.6 is 0 Å². The minimum Gasteiger partial charge on any atom is -0.467 e. The highest BCUT2D eigenvalue weighted by molar-refractivity contribution is 5.82. The number of aromatic nitrogens is 4. The van der Waals surface area contributed by atoms with Crippen molar-refractivity contribution in [2.24, 2.45) is 5.11 Å². The molecule has 2 aromatic rings. The maximum absolute atomic E-state index is 14.5. The van der Waals surface area contributed by atoms with Gasteiger partial charge in [0.05, 0.1) is 20.0 Å². The van der Waals surface area contributed by atoms with Gasteiger partial charge < -0.3 is 25.4 Å². The molecule has 1 aliphatic rings. The Morgan fingerprint density at radius 1 is 1.62 bits per heavy atom. The molecular formula is C11H13FN8O4. The highest BCUT2D eigenvalue weighted by Crippen LogP contribution is 2.41. The number of hydrogen-bond donors (Lipinski definition) is 3. The van der Waals surface area contributed by atoms with Crippen LogP contribution in [0.15, 0.2) is 11.4 Å². The lowest BCUT2D eigenvalue weighted by atomic mass is 10.1. The third kappa shape index (κ3) is 2.18. The molecular weight excluding hydrogens is 327 g/mol. The van der Waals surface area contributed by atoms with Crippen molar-refractivity contribution < 1.29 is 24.1 Å². The fourth-order valence-electron chi connectivity index (χ4n) is 2.47. The fourth-order valence-corrected chi connectivity index (χ4v) is 2.47. The van der Waals surface area contributed by atoms with Gasteiger partial charge in [0.1, 0.15) is 6.10 Å². The molecule has 13 heteroatoms. The van der Waals surface area contributed by atoms with Crippen LogP contribution in [0, 0.1) is 0 Å². The zero-order valence-corrected chi connectivity index (χ0v) is 12.3. The Morgan fingerprint density at radius 3 is 3.00 bits per heavy atom. The number of nitrogens with two attached hydrogens (primary N) is 1. The molecule has 0 bridgehead atoms. The van der Waals surface area contributed by atoms with E-state index in [0.717, 1.165) is 4.57 Å². The van der Waals surface area contributed by atoms with E-state index in [9.17, 15) is 14.6 Å². The molecule has 1 aliphatic heterocycles. The van der Waals surface area contributed by atoms with Crippen molar-refractivity contribution in [2.45, 2.75) is 24.2 Å². The monoisotopic (exact) mass is 340 g/mol. The molecule has 4 atom stereocenters. The molecule has 1 saturated heterocycles. The summed E-state index contributed by atoms with van der Waals surface area (Å²) in [5, 5.41) is 22.6. The van der Waals surface area contributed by atoms with Crippen molar-refractivity contribution in [3.8, 4) is 6.01 Å². The van der Waals surface area contributed by atoms with E-state index in [0.29, 0.717) is 0 Å². The largest absolute Gasteiger partial charge is 0.467 e. The zero-order chi connectivity index (χ0) is 17.5. The highest BCUT2D eigenvalue weighted by Gasteiger charge is 2.56. The van der Waals surface area contributed by atoms with Gasteiger partial charge in [-0.3, -0.25) is 4.57 Å². The molecule has 0 unspecified atom stereocenters. The van der Waals surface area contributed by atoms with Gasteiger partial charge in [0.25, 0.3) is 0 Å². The first kappa shape index (κ1) is 16.1. The SMILES string of the molecule is COc1nc(N)c2ncn([C@@H]3O[C@@](CO)(N=[N+]=[N-])[C@@H](O)[C@@H]3F)c2n1. The summed E-state index contributed by atoms with van der Waals surface area (Å²) in [6, 6.07) is -0.0702. The van der Waals surface area contributed by atoms with E-state index >= 15 is 0 Å². The van der Waals surface area contributed by atoms with Gasteiger partial charge in [-0.2, -0.15) is 9.97 Å². The second kappa shape index (κ2) is 5.72. The Bertz CT molecular complexity index is 824. The predicted molar refractivity (Wildman–Crippen MR) is 76.3 cm³/mol. The van der Waals surface area contributed by atoms with E-state index in [2.05, 4.69) is 25.0 Å². The van der Waals surface area contributed by atoms with E-state index in [1.807, 2.05) is 0 Å². The number of methoxy groups -OCH3 is 1. The average Bonchev–Trinajstić information content (AvgIpc) is 3.10. The third-order valence-electron chi connectivity index (χ3n) is 3.69. The number of imidazole rings is 1. The van der Waals surface area contributed by atoms with Crippen molar-refractivity contribution in [3.05, 3.63) is 16.8 Å². The van der Waals surface area contributed by atoms with E-state index in [1.165, 1.54) is 13.4 Å². The van der Waals surface area contributed by atoms with Crippen LogP contribution in [0.5, 0.6) is 6.01 Å². The number of halogens is 1. The maximum atomic E-state index is 14.5. The molecule has 24 heavy (non-hydrogen) atoms. The van der Waals surface area contributed by atoms with Crippen LogP contribution in [0.4, 0.5) is 10.2 Å². The first-order valence-corrected chi connectivity index (χ1v) is 6.68. The quantitative estimate of drug-likeness (QED) is 0.384. The summed E-state index contributed by atoms with van der Waals surface area (Å²) in [7, 11) is 1.33. The van der Waals surface area contributed by atoms with Crippen molar-refractivity contribution in [1.29, 1.82) is 0 Å². The molecule has 0 aromatic carbocycles. The molecule has 4 N–H and O–H groups in total. The summed E-state index contributed by atoms with van der Waals surface area (Å²) in [5.41, 5.74) is 12.4. The molecule has 12 nitrogen and oxygen atoms in total. The molecule has 128 valence electrons. The Labute approximate surface area is 133 Å². The maximum Gasteiger partial charge on any atom is 0.320 e. The number of nitrogens with zero attached hydrogens (tertiary/aromatic N) is 7. The summed E-state index contributed by atoms with van der Waals surface area (Å²) in [6.45, 7) is -0.914. The Balaban J connectivity index is 2.11. The minimum absolute atomic E-state index is 0.00743.